The average molecular weight is 351 g/mol. The zero-order valence-electron chi connectivity index (χ0n) is 16.9. The van der Waals surface area contributed by atoms with Gasteiger partial charge in [0.25, 0.3) is 0 Å². The van der Waals surface area contributed by atoms with Crippen LogP contribution in [0.4, 0.5) is 5.95 Å². The maximum atomic E-state index is 4.79. The van der Waals surface area contributed by atoms with Gasteiger partial charge in [0.1, 0.15) is 5.82 Å². The summed E-state index contributed by atoms with van der Waals surface area (Å²) in [7, 11) is 0. The number of fused-ring (bicyclic) bond motifs is 1. The summed E-state index contributed by atoms with van der Waals surface area (Å²) in [6.07, 6.45) is 2.09. The average Bonchev–Trinajstić information content (AvgIpc) is 2.88. The third kappa shape index (κ3) is 3.18. The highest BCUT2D eigenvalue weighted by Crippen LogP contribution is 2.34. The lowest BCUT2D eigenvalue weighted by Crippen LogP contribution is -2.21. The van der Waals surface area contributed by atoms with Gasteiger partial charge in [0.2, 0.25) is 5.95 Å². The van der Waals surface area contributed by atoms with Crippen LogP contribution in [0.15, 0.2) is 12.1 Å². The second-order valence-electron chi connectivity index (χ2n) is 7.22. The van der Waals surface area contributed by atoms with Crippen LogP contribution >= 0.6 is 0 Å². The molecule has 0 amide bonds. The summed E-state index contributed by atoms with van der Waals surface area (Å²) in [6.45, 7) is 14.8. The molecular weight excluding hydrogens is 322 g/mol. The molecule has 0 unspecified atom stereocenters. The number of nitrogens with zero attached hydrogens (tertiary/aromatic N) is 4. The number of rotatable bonds is 5. The number of benzene rings is 1. The largest absolute Gasteiger partial charge is 0.351 e. The molecule has 0 saturated carbocycles. The van der Waals surface area contributed by atoms with E-state index in [1.54, 1.807) is 0 Å². The highest BCUT2D eigenvalue weighted by atomic mass is 15.4. The van der Waals surface area contributed by atoms with E-state index in [-0.39, 0.29) is 0 Å². The first-order chi connectivity index (χ1) is 12.3. The van der Waals surface area contributed by atoms with Gasteiger partial charge >= 0.3 is 0 Å². The van der Waals surface area contributed by atoms with Crippen molar-refractivity contribution in [2.75, 3.05) is 5.32 Å². The van der Waals surface area contributed by atoms with Crippen LogP contribution < -0.4 is 5.32 Å². The van der Waals surface area contributed by atoms with Crippen molar-refractivity contribution in [1.82, 2.24) is 19.6 Å². The summed E-state index contributed by atoms with van der Waals surface area (Å²) < 4.78 is 1.87. The number of hydrogen-bond acceptors (Lipinski definition) is 4. The Labute approximate surface area is 155 Å². The van der Waals surface area contributed by atoms with E-state index >= 15 is 0 Å². The lowest BCUT2D eigenvalue weighted by atomic mass is 9.94. The van der Waals surface area contributed by atoms with Crippen molar-refractivity contribution in [2.45, 2.75) is 67.3 Å². The molecule has 0 atom stereocenters. The van der Waals surface area contributed by atoms with E-state index < -0.39 is 0 Å². The fraction of sp³-hybridized carbons (Fsp3) is 0.476. The Balaban J connectivity index is 2.26. The van der Waals surface area contributed by atoms with Gasteiger partial charge in [0.15, 0.2) is 5.65 Å². The summed E-state index contributed by atoms with van der Waals surface area (Å²) in [5.41, 5.74) is 7.98. The molecule has 3 aromatic rings. The van der Waals surface area contributed by atoms with Crippen molar-refractivity contribution in [3.8, 4) is 11.1 Å². The molecule has 3 rings (SSSR count). The Bertz CT molecular complexity index is 928. The molecule has 0 aliphatic heterocycles. The summed E-state index contributed by atoms with van der Waals surface area (Å²) in [5.74, 6) is 1.53. The van der Waals surface area contributed by atoms with E-state index in [4.69, 9.17) is 10.1 Å². The van der Waals surface area contributed by atoms with E-state index in [0.29, 0.717) is 6.04 Å². The third-order valence-corrected chi connectivity index (χ3v) is 5.02. The first-order valence-corrected chi connectivity index (χ1v) is 9.44. The molecule has 1 aromatic carbocycles. The van der Waals surface area contributed by atoms with E-state index in [0.717, 1.165) is 41.5 Å². The SMILES string of the molecule is CCC(CC)Nc1nc(C)nc2c(-c3c(C)cc(C)cc3C)c(C)nn12. The van der Waals surface area contributed by atoms with Gasteiger partial charge in [0.05, 0.1) is 11.3 Å². The number of anilines is 1. The van der Waals surface area contributed by atoms with Crippen molar-refractivity contribution >= 4 is 11.6 Å². The molecule has 138 valence electrons. The van der Waals surface area contributed by atoms with Crippen LogP contribution in [0.25, 0.3) is 16.8 Å². The molecule has 1 N–H and O–H groups in total. The lowest BCUT2D eigenvalue weighted by molar-refractivity contribution is 0.656. The molecular formula is C21H29N5. The Morgan fingerprint density at radius 1 is 0.923 bits per heavy atom. The van der Waals surface area contributed by atoms with Gasteiger partial charge < -0.3 is 5.32 Å². The van der Waals surface area contributed by atoms with Crippen LogP contribution in [-0.2, 0) is 0 Å². The normalized spacial score (nSPS) is 11.5. The minimum Gasteiger partial charge on any atom is -0.351 e. The van der Waals surface area contributed by atoms with Gasteiger partial charge in [0, 0.05) is 6.04 Å². The number of aromatic nitrogens is 4. The highest BCUT2D eigenvalue weighted by Gasteiger charge is 2.20. The molecule has 2 aromatic heterocycles. The predicted molar refractivity (Wildman–Crippen MR) is 108 cm³/mol. The van der Waals surface area contributed by atoms with E-state index in [1.165, 1.54) is 22.3 Å². The fourth-order valence-electron chi connectivity index (χ4n) is 3.78. The second kappa shape index (κ2) is 7.06. The van der Waals surface area contributed by atoms with Gasteiger partial charge in [-0.15, -0.1) is 0 Å². The number of aryl methyl sites for hydroxylation is 5. The molecule has 0 bridgehead atoms. The summed E-state index contributed by atoms with van der Waals surface area (Å²) in [4.78, 5) is 9.37. The predicted octanol–water partition coefficient (Wildman–Crippen LogP) is 4.93. The van der Waals surface area contributed by atoms with E-state index in [1.807, 2.05) is 11.4 Å². The lowest BCUT2D eigenvalue weighted by Gasteiger charge is -2.16. The van der Waals surface area contributed by atoms with Crippen LogP contribution in [0.5, 0.6) is 0 Å². The van der Waals surface area contributed by atoms with Crippen molar-refractivity contribution in [3.05, 3.63) is 40.3 Å². The molecule has 0 spiro atoms. The molecule has 0 saturated heterocycles. The first kappa shape index (κ1) is 18.4. The molecule has 0 aliphatic carbocycles. The standard InChI is InChI=1S/C21H29N5/c1-8-17(9-2)24-21-23-16(7)22-20-19(15(6)25-26(20)21)18-13(4)10-12(3)11-14(18)5/h10-11,17H,8-9H2,1-7H3,(H,22,23,24). The molecule has 5 nitrogen and oxygen atoms in total. The molecule has 5 heteroatoms. The Hall–Kier alpha value is -2.43. The first-order valence-electron chi connectivity index (χ1n) is 9.44. The third-order valence-electron chi connectivity index (χ3n) is 5.02. The zero-order valence-corrected chi connectivity index (χ0v) is 16.9. The number of hydrogen-bond donors (Lipinski definition) is 1. The van der Waals surface area contributed by atoms with Gasteiger partial charge in [-0.25, -0.2) is 4.98 Å². The van der Waals surface area contributed by atoms with Crippen LogP contribution in [0, 0.1) is 34.6 Å². The number of nitrogens with one attached hydrogen (secondary N) is 1. The van der Waals surface area contributed by atoms with Gasteiger partial charge in [-0.05, 0) is 64.2 Å². The maximum absolute atomic E-state index is 4.79. The van der Waals surface area contributed by atoms with Crippen LogP contribution in [-0.4, -0.2) is 25.6 Å². The van der Waals surface area contributed by atoms with Gasteiger partial charge in [-0.1, -0.05) is 31.5 Å². The topological polar surface area (TPSA) is 55.1 Å². The molecule has 0 fully saturated rings. The van der Waals surface area contributed by atoms with Crippen molar-refractivity contribution < 1.29 is 0 Å². The molecule has 0 radical (unpaired) electrons. The smallest absolute Gasteiger partial charge is 0.227 e. The Morgan fingerprint density at radius 3 is 2.12 bits per heavy atom. The van der Waals surface area contributed by atoms with Crippen molar-refractivity contribution in [3.63, 3.8) is 0 Å². The minimum absolute atomic E-state index is 0.378. The van der Waals surface area contributed by atoms with Crippen LogP contribution in [0.1, 0.15) is 54.9 Å². The fourth-order valence-corrected chi connectivity index (χ4v) is 3.78. The second-order valence-corrected chi connectivity index (χ2v) is 7.22. The van der Waals surface area contributed by atoms with Crippen LogP contribution in [0.2, 0.25) is 0 Å². The maximum Gasteiger partial charge on any atom is 0.227 e. The quantitative estimate of drug-likeness (QED) is 0.708. The van der Waals surface area contributed by atoms with Gasteiger partial charge in [-0.2, -0.15) is 14.6 Å². The van der Waals surface area contributed by atoms with Crippen LogP contribution in [0.3, 0.4) is 0 Å². The van der Waals surface area contributed by atoms with E-state index in [2.05, 4.69) is 64.0 Å². The van der Waals surface area contributed by atoms with E-state index in [9.17, 15) is 0 Å². The summed E-state index contributed by atoms with van der Waals surface area (Å²) in [6, 6.07) is 4.83. The highest BCUT2D eigenvalue weighted by molar-refractivity contribution is 5.84. The zero-order chi connectivity index (χ0) is 19.0. The molecule has 26 heavy (non-hydrogen) atoms. The summed E-state index contributed by atoms with van der Waals surface area (Å²) >= 11 is 0. The Morgan fingerprint density at radius 2 is 1.54 bits per heavy atom. The molecule has 2 heterocycles. The van der Waals surface area contributed by atoms with Gasteiger partial charge in [-0.3, -0.25) is 0 Å². The minimum atomic E-state index is 0.378. The summed E-state index contributed by atoms with van der Waals surface area (Å²) in [5, 5.41) is 8.33. The monoisotopic (exact) mass is 351 g/mol. The Kier molecular flexibility index (Phi) is 4.99. The van der Waals surface area contributed by atoms with Crippen molar-refractivity contribution in [2.24, 2.45) is 0 Å². The van der Waals surface area contributed by atoms with Crippen molar-refractivity contribution in [1.29, 1.82) is 0 Å². The molecule has 0 aliphatic rings.